The van der Waals surface area contributed by atoms with E-state index in [9.17, 15) is 24.0 Å². The molecule has 0 saturated carbocycles. The minimum atomic E-state index is -1.39. The smallest absolute Gasteiger partial charge is 0.368 e. The van der Waals surface area contributed by atoms with Crippen molar-refractivity contribution in [2.45, 2.75) is 51.2 Å². The summed E-state index contributed by atoms with van der Waals surface area (Å²) in [5.74, 6) is -1.49. The van der Waals surface area contributed by atoms with Crippen molar-refractivity contribution in [3.05, 3.63) is 35.9 Å². The van der Waals surface area contributed by atoms with Gasteiger partial charge in [0.05, 0.1) is 6.54 Å². The van der Waals surface area contributed by atoms with E-state index < -0.39 is 47.5 Å². The molecule has 1 aromatic carbocycles. The van der Waals surface area contributed by atoms with Gasteiger partial charge in [-0.3, -0.25) is 19.3 Å². The Bertz CT molecular complexity index is 1070. The summed E-state index contributed by atoms with van der Waals surface area (Å²) in [6.07, 6.45) is -1.82. The topological polar surface area (TPSA) is 163 Å². The van der Waals surface area contributed by atoms with Crippen molar-refractivity contribution < 1.29 is 28.7 Å². The maximum atomic E-state index is 13.7. The van der Waals surface area contributed by atoms with Gasteiger partial charge in [-0.2, -0.15) is 0 Å². The Labute approximate surface area is 209 Å². The van der Waals surface area contributed by atoms with Crippen molar-refractivity contribution in [3.8, 4) is 0 Å². The van der Waals surface area contributed by atoms with Gasteiger partial charge in [-0.25, -0.2) is 14.6 Å². The number of rotatable bonds is 7. The summed E-state index contributed by atoms with van der Waals surface area (Å²) in [4.78, 5) is 70.3. The molecule has 0 bridgehead atoms. The molecule has 4 N–H and O–H groups in total. The highest BCUT2D eigenvalue weighted by molar-refractivity contribution is 6.16. The second-order valence-corrected chi connectivity index (χ2v) is 9.34. The fraction of sp³-hybridized carbons (Fsp3) is 0.500. The van der Waals surface area contributed by atoms with Crippen molar-refractivity contribution in [3.63, 3.8) is 0 Å². The van der Waals surface area contributed by atoms with E-state index in [4.69, 9.17) is 10.5 Å². The van der Waals surface area contributed by atoms with Crippen molar-refractivity contribution in [2.75, 3.05) is 20.1 Å². The van der Waals surface area contributed by atoms with E-state index in [1.807, 2.05) is 19.9 Å². The molecule has 1 spiro atoms. The lowest BCUT2D eigenvalue weighted by Gasteiger charge is -2.32. The molecule has 0 aromatic heterocycles. The van der Waals surface area contributed by atoms with Crippen LogP contribution in [0.2, 0.25) is 0 Å². The lowest BCUT2D eigenvalue weighted by atomic mass is 9.96. The van der Waals surface area contributed by atoms with E-state index in [2.05, 4.69) is 15.6 Å². The number of carbonyl (C=O) groups is 5. The van der Waals surface area contributed by atoms with E-state index in [0.717, 1.165) is 4.90 Å². The summed E-state index contributed by atoms with van der Waals surface area (Å²) in [7, 11) is 1.34. The van der Waals surface area contributed by atoms with Crippen LogP contribution in [0, 0.1) is 5.92 Å². The van der Waals surface area contributed by atoms with Crippen LogP contribution in [0.25, 0.3) is 0 Å². The molecular formula is C24H32N6O6. The van der Waals surface area contributed by atoms with Crippen LogP contribution in [0.4, 0.5) is 9.59 Å². The maximum Gasteiger partial charge on any atom is 0.419 e. The molecule has 2 aliphatic heterocycles. The van der Waals surface area contributed by atoms with Crippen LogP contribution >= 0.6 is 0 Å². The van der Waals surface area contributed by atoms with Gasteiger partial charge in [0.25, 0.3) is 5.91 Å². The number of nitrogens with zero attached hydrogens (tertiary/aromatic N) is 3. The van der Waals surface area contributed by atoms with Gasteiger partial charge < -0.3 is 26.0 Å². The lowest BCUT2D eigenvalue weighted by molar-refractivity contribution is -0.141. The number of benzene rings is 1. The van der Waals surface area contributed by atoms with Gasteiger partial charge in [0.15, 0.2) is 5.54 Å². The third-order valence-corrected chi connectivity index (χ3v) is 6.21. The quantitative estimate of drug-likeness (QED) is 0.464. The molecule has 3 atom stereocenters. The number of likely N-dealkylation sites (tertiary alicyclic amines) is 1. The van der Waals surface area contributed by atoms with Crippen LogP contribution < -0.4 is 16.4 Å². The Hall–Kier alpha value is -3.96. The standard InChI is InChI=1S/C24H32N6O6/c1-5-26-22(34)36-23(35)29(4)16(11-14(2)3)20(32)30-13-24(12-17(30)18(25)31)21(33)27-19(28-24)15-9-7-6-8-10-15/h6-10,14,16-17H,5,11-13H2,1-4H3,(H2,25,31)(H,26,34)(H,27,28,33)/t16-,17-,24+/m0/s1. The normalized spacial score (nSPS) is 21.7. The second-order valence-electron chi connectivity index (χ2n) is 9.34. The first kappa shape index (κ1) is 26.6. The minimum absolute atomic E-state index is 0.0280. The first-order valence-corrected chi connectivity index (χ1v) is 11.8. The minimum Gasteiger partial charge on any atom is -0.368 e. The summed E-state index contributed by atoms with van der Waals surface area (Å²) in [5.41, 5.74) is 4.94. The van der Waals surface area contributed by atoms with Crippen molar-refractivity contribution in [2.24, 2.45) is 16.6 Å². The zero-order valence-corrected chi connectivity index (χ0v) is 20.8. The number of alkyl carbamates (subject to hydrolysis) is 1. The fourth-order valence-corrected chi connectivity index (χ4v) is 4.39. The van der Waals surface area contributed by atoms with Crippen LogP contribution in [0.5, 0.6) is 0 Å². The molecule has 3 rings (SSSR count). The molecule has 36 heavy (non-hydrogen) atoms. The number of likely N-dealkylation sites (N-methyl/N-ethyl adjacent to an activating group) is 1. The first-order valence-electron chi connectivity index (χ1n) is 11.8. The first-order chi connectivity index (χ1) is 17.0. The largest absolute Gasteiger partial charge is 0.419 e. The number of nitrogens with one attached hydrogen (secondary N) is 2. The van der Waals surface area contributed by atoms with Crippen molar-refractivity contribution >= 4 is 35.7 Å². The lowest BCUT2D eigenvalue weighted by Crippen LogP contribution is -2.54. The van der Waals surface area contributed by atoms with E-state index in [-0.39, 0.29) is 31.8 Å². The zero-order valence-electron chi connectivity index (χ0n) is 20.8. The molecule has 1 aromatic rings. The Morgan fingerprint density at radius 1 is 1.28 bits per heavy atom. The average molecular weight is 501 g/mol. The Kier molecular flexibility index (Phi) is 7.96. The molecule has 1 saturated heterocycles. The number of hydrogen-bond acceptors (Lipinski definition) is 7. The van der Waals surface area contributed by atoms with Crippen molar-refractivity contribution in [1.29, 1.82) is 0 Å². The third-order valence-electron chi connectivity index (χ3n) is 6.21. The van der Waals surface area contributed by atoms with Gasteiger partial charge in [-0.1, -0.05) is 44.2 Å². The molecule has 12 heteroatoms. The highest BCUT2D eigenvalue weighted by atomic mass is 16.6. The van der Waals surface area contributed by atoms with Gasteiger partial charge >= 0.3 is 12.2 Å². The molecule has 1 fully saturated rings. The van der Waals surface area contributed by atoms with Crippen LogP contribution in [0.1, 0.15) is 39.2 Å². The Morgan fingerprint density at radius 3 is 2.53 bits per heavy atom. The SMILES string of the molecule is CCNC(=O)OC(=O)N(C)[C@@H](CC(C)C)C(=O)N1C[C@@]2(C[C@H]1C(N)=O)N=C(c1ccccc1)NC2=O. The van der Waals surface area contributed by atoms with E-state index in [1.165, 1.54) is 11.9 Å². The van der Waals surface area contributed by atoms with E-state index in [0.29, 0.717) is 11.4 Å². The summed E-state index contributed by atoms with van der Waals surface area (Å²) >= 11 is 0. The number of ether oxygens (including phenoxy) is 1. The molecule has 2 heterocycles. The number of amides is 5. The number of primary amides is 1. The van der Waals surface area contributed by atoms with Gasteiger partial charge in [0.1, 0.15) is 17.9 Å². The third kappa shape index (κ3) is 5.47. The molecular weight excluding hydrogens is 468 g/mol. The fourth-order valence-electron chi connectivity index (χ4n) is 4.39. The number of carbonyl (C=O) groups excluding carboxylic acids is 5. The number of nitrogens with two attached hydrogens (primary N) is 1. The van der Waals surface area contributed by atoms with Gasteiger partial charge in [0, 0.05) is 25.6 Å². The molecule has 0 radical (unpaired) electrons. The Balaban J connectivity index is 1.90. The predicted octanol–water partition coefficient (Wildman–Crippen LogP) is 0.601. The number of hydrogen-bond donors (Lipinski definition) is 3. The summed E-state index contributed by atoms with van der Waals surface area (Å²) in [6, 6.07) is 6.84. The molecule has 0 aliphatic carbocycles. The van der Waals surface area contributed by atoms with Crippen molar-refractivity contribution in [1.82, 2.24) is 20.4 Å². The van der Waals surface area contributed by atoms with Crippen LogP contribution in [0.3, 0.4) is 0 Å². The summed E-state index contributed by atoms with van der Waals surface area (Å²) in [6.45, 7) is 5.46. The zero-order chi connectivity index (χ0) is 26.6. The Morgan fingerprint density at radius 2 is 1.94 bits per heavy atom. The highest BCUT2D eigenvalue weighted by Crippen LogP contribution is 2.35. The average Bonchev–Trinajstić information content (AvgIpc) is 3.38. The molecule has 0 unspecified atom stereocenters. The van der Waals surface area contributed by atoms with Gasteiger partial charge in [-0.05, 0) is 19.3 Å². The second kappa shape index (κ2) is 10.8. The predicted molar refractivity (Wildman–Crippen MR) is 130 cm³/mol. The molecule has 194 valence electrons. The van der Waals surface area contributed by atoms with E-state index >= 15 is 0 Å². The molecule has 12 nitrogen and oxygen atoms in total. The maximum absolute atomic E-state index is 13.7. The van der Waals surface area contributed by atoms with Gasteiger partial charge in [0.2, 0.25) is 11.8 Å². The number of aliphatic imine (C=N–C) groups is 1. The van der Waals surface area contributed by atoms with Gasteiger partial charge in [-0.15, -0.1) is 0 Å². The summed E-state index contributed by atoms with van der Waals surface area (Å²) < 4.78 is 4.76. The van der Waals surface area contributed by atoms with Crippen LogP contribution in [-0.2, 0) is 19.1 Å². The monoisotopic (exact) mass is 500 g/mol. The molecule has 5 amide bonds. The van der Waals surface area contributed by atoms with E-state index in [1.54, 1.807) is 31.2 Å². The van der Waals surface area contributed by atoms with Crippen LogP contribution in [0.15, 0.2) is 35.3 Å². The number of amidine groups is 1. The molecule has 2 aliphatic rings. The summed E-state index contributed by atoms with van der Waals surface area (Å²) in [5, 5.41) is 5.10. The van der Waals surface area contributed by atoms with Crippen LogP contribution in [-0.4, -0.2) is 83.3 Å². The highest BCUT2D eigenvalue weighted by Gasteiger charge is 2.56.